The molecule has 1 amide bonds. The van der Waals surface area contributed by atoms with Gasteiger partial charge in [0.05, 0.1) is 5.56 Å². The van der Waals surface area contributed by atoms with E-state index in [9.17, 15) is 4.79 Å². The molecule has 0 spiro atoms. The molecule has 2 N–H and O–H groups in total. The summed E-state index contributed by atoms with van der Waals surface area (Å²) >= 11 is 3.38. The molecule has 0 radical (unpaired) electrons. The van der Waals surface area contributed by atoms with Crippen LogP contribution in [0.3, 0.4) is 0 Å². The van der Waals surface area contributed by atoms with Crippen LogP contribution in [0.1, 0.15) is 15.9 Å². The molecule has 1 heterocycles. The van der Waals surface area contributed by atoms with Crippen LogP contribution in [-0.2, 0) is 6.42 Å². The summed E-state index contributed by atoms with van der Waals surface area (Å²) < 4.78 is 0.757. The maximum absolute atomic E-state index is 12.4. The summed E-state index contributed by atoms with van der Waals surface area (Å²) in [6.07, 6.45) is 4.31. The van der Waals surface area contributed by atoms with E-state index in [0.29, 0.717) is 17.8 Å². The van der Waals surface area contributed by atoms with Gasteiger partial charge in [-0.3, -0.25) is 9.78 Å². The number of nitrogens with two attached hydrogens (primary N) is 1. The third-order valence-corrected chi connectivity index (χ3v) is 3.74. The molecular formula is C15H16BrN3O. The highest BCUT2D eigenvalue weighted by Gasteiger charge is 2.15. The average molecular weight is 334 g/mol. The van der Waals surface area contributed by atoms with Crippen LogP contribution in [-0.4, -0.2) is 29.4 Å². The quantitative estimate of drug-likeness (QED) is 0.875. The Morgan fingerprint density at radius 2 is 2.00 bits per heavy atom. The van der Waals surface area contributed by atoms with Gasteiger partial charge in [-0.2, -0.15) is 0 Å². The SMILES string of the molecule is CN(CCc1ccncc1)C(=O)c1cc(N)ccc1Br. The summed E-state index contributed by atoms with van der Waals surface area (Å²) in [5.74, 6) is -0.0433. The molecule has 2 rings (SSSR count). The lowest BCUT2D eigenvalue weighted by atomic mass is 10.1. The summed E-state index contributed by atoms with van der Waals surface area (Å²) in [5, 5.41) is 0. The van der Waals surface area contributed by atoms with Gasteiger partial charge in [-0.05, 0) is 58.2 Å². The lowest BCUT2D eigenvalue weighted by Gasteiger charge is -2.18. The number of carbonyl (C=O) groups excluding carboxylic acids is 1. The van der Waals surface area contributed by atoms with E-state index in [-0.39, 0.29) is 5.91 Å². The van der Waals surface area contributed by atoms with Crippen molar-refractivity contribution in [2.45, 2.75) is 6.42 Å². The molecule has 0 aliphatic rings. The van der Waals surface area contributed by atoms with E-state index in [4.69, 9.17) is 5.73 Å². The Bertz CT molecular complexity index is 601. The van der Waals surface area contributed by atoms with Gasteiger partial charge in [0, 0.05) is 36.1 Å². The molecule has 0 unspecified atom stereocenters. The highest BCUT2D eigenvalue weighted by molar-refractivity contribution is 9.10. The molecule has 0 atom stereocenters. The van der Waals surface area contributed by atoms with Gasteiger partial charge >= 0.3 is 0 Å². The van der Waals surface area contributed by atoms with Crippen LogP contribution in [0.25, 0.3) is 0 Å². The molecule has 20 heavy (non-hydrogen) atoms. The zero-order chi connectivity index (χ0) is 14.5. The highest BCUT2D eigenvalue weighted by atomic mass is 79.9. The number of likely N-dealkylation sites (N-methyl/N-ethyl adjacent to an activating group) is 1. The first kappa shape index (κ1) is 14.5. The standard InChI is InChI=1S/C15H16BrN3O/c1-19(9-6-11-4-7-18-8-5-11)15(20)13-10-12(17)2-3-14(13)16/h2-5,7-8,10H,6,9,17H2,1H3. The van der Waals surface area contributed by atoms with Gasteiger partial charge in [-0.15, -0.1) is 0 Å². The Morgan fingerprint density at radius 1 is 1.30 bits per heavy atom. The maximum atomic E-state index is 12.4. The second-order valence-electron chi connectivity index (χ2n) is 4.57. The van der Waals surface area contributed by atoms with Crippen LogP contribution < -0.4 is 5.73 Å². The van der Waals surface area contributed by atoms with Crippen molar-refractivity contribution in [3.63, 3.8) is 0 Å². The monoisotopic (exact) mass is 333 g/mol. The zero-order valence-corrected chi connectivity index (χ0v) is 12.8. The van der Waals surface area contributed by atoms with Gasteiger partial charge in [0.15, 0.2) is 0 Å². The molecular weight excluding hydrogens is 318 g/mol. The smallest absolute Gasteiger partial charge is 0.254 e. The number of aromatic nitrogens is 1. The Hall–Kier alpha value is -1.88. The minimum absolute atomic E-state index is 0.0433. The number of anilines is 1. The molecule has 1 aromatic carbocycles. The number of nitrogens with zero attached hydrogens (tertiary/aromatic N) is 2. The van der Waals surface area contributed by atoms with E-state index in [1.807, 2.05) is 12.1 Å². The molecule has 5 heteroatoms. The third kappa shape index (κ3) is 3.57. The Morgan fingerprint density at radius 3 is 2.70 bits per heavy atom. The van der Waals surface area contributed by atoms with Gasteiger partial charge in [-0.1, -0.05) is 0 Å². The van der Waals surface area contributed by atoms with Crippen LogP contribution >= 0.6 is 15.9 Å². The first-order chi connectivity index (χ1) is 9.58. The van der Waals surface area contributed by atoms with Crippen LogP contribution in [0.15, 0.2) is 47.2 Å². The number of halogens is 1. The normalized spacial score (nSPS) is 10.3. The number of pyridine rings is 1. The number of benzene rings is 1. The van der Waals surface area contributed by atoms with Crippen molar-refractivity contribution in [2.75, 3.05) is 19.3 Å². The van der Waals surface area contributed by atoms with Crippen molar-refractivity contribution in [1.29, 1.82) is 0 Å². The minimum atomic E-state index is -0.0433. The minimum Gasteiger partial charge on any atom is -0.399 e. The van der Waals surface area contributed by atoms with Gasteiger partial charge in [-0.25, -0.2) is 0 Å². The Balaban J connectivity index is 2.03. The van der Waals surface area contributed by atoms with Crippen LogP contribution in [0.4, 0.5) is 5.69 Å². The molecule has 0 aliphatic heterocycles. The average Bonchev–Trinajstić information content (AvgIpc) is 2.47. The Labute approximate surface area is 126 Å². The van der Waals surface area contributed by atoms with Crippen molar-refractivity contribution >= 4 is 27.5 Å². The Kier molecular flexibility index (Phi) is 4.74. The predicted octanol–water partition coefficient (Wildman–Crippen LogP) is 2.74. The van der Waals surface area contributed by atoms with E-state index in [1.165, 1.54) is 0 Å². The topological polar surface area (TPSA) is 59.2 Å². The molecule has 2 aromatic rings. The van der Waals surface area contributed by atoms with Crippen LogP contribution in [0.5, 0.6) is 0 Å². The van der Waals surface area contributed by atoms with Gasteiger partial charge in [0.25, 0.3) is 5.91 Å². The molecule has 0 saturated carbocycles. The summed E-state index contributed by atoms with van der Waals surface area (Å²) in [4.78, 5) is 18.0. The first-order valence-corrected chi connectivity index (χ1v) is 7.06. The number of hydrogen-bond donors (Lipinski definition) is 1. The highest BCUT2D eigenvalue weighted by Crippen LogP contribution is 2.21. The fourth-order valence-electron chi connectivity index (χ4n) is 1.86. The number of nitrogen functional groups attached to an aromatic ring is 1. The van der Waals surface area contributed by atoms with Crippen molar-refractivity contribution in [3.8, 4) is 0 Å². The summed E-state index contributed by atoms with van der Waals surface area (Å²) in [6, 6.07) is 9.15. The predicted molar refractivity (Wildman–Crippen MR) is 83.5 cm³/mol. The van der Waals surface area contributed by atoms with Gasteiger partial charge < -0.3 is 10.6 Å². The zero-order valence-electron chi connectivity index (χ0n) is 11.2. The molecule has 0 bridgehead atoms. The molecule has 4 nitrogen and oxygen atoms in total. The lowest BCUT2D eigenvalue weighted by molar-refractivity contribution is 0.0796. The van der Waals surface area contributed by atoms with E-state index in [0.717, 1.165) is 16.5 Å². The van der Waals surface area contributed by atoms with E-state index < -0.39 is 0 Å². The maximum Gasteiger partial charge on any atom is 0.254 e. The fourth-order valence-corrected chi connectivity index (χ4v) is 2.28. The molecule has 0 saturated heterocycles. The second-order valence-corrected chi connectivity index (χ2v) is 5.43. The molecule has 0 aliphatic carbocycles. The van der Waals surface area contributed by atoms with Crippen molar-refractivity contribution in [2.24, 2.45) is 0 Å². The van der Waals surface area contributed by atoms with Crippen molar-refractivity contribution < 1.29 is 4.79 Å². The summed E-state index contributed by atoms with van der Waals surface area (Å²) in [7, 11) is 1.79. The van der Waals surface area contributed by atoms with Crippen LogP contribution in [0, 0.1) is 0 Å². The number of rotatable bonds is 4. The van der Waals surface area contributed by atoms with Crippen molar-refractivity contribution in [1.82, 2.24) is 9.88 Å². The van der Waals surface area contributed by atoms with E-state index in [2.05, 4.69) is 20.9 Å². The summed E-state index contributed by atoms with van der Waals surface area (Å²) in [6.45, 7) is 0.643. The molecule has 0 fully saturated rings. The molecule has 104 valence electrons. The van der Waals surface area contributed by atoms with E-state index in [1.54, 1.807) is 42.5 Å². The first-order valence-electron chi connectivity index (χ1n) is 6.27. The number of amides is 1. The lowest BCUT2D eigenvalue weighted by Crippen LogP contribution is -2.29. The van der Waals surface area contributed by atoms with Crippen LogP contribution in [0.2, 0.25) is 0 Å². The largest absolute Gasteiger partial charge is 0.399 e. The van der Waals surface area contributed by atoms with E-state index >= 15 is 0 Å². The van der Waals surface area contributed by atoms with Gasteiger partial charge in [0.2, 0.25) is 0 Å². The third-order valence-electron chi connectivity index (χ3n) is 3.05. The summed E-state index contributed by atoms with van der Waals surface area (Å²) in [5.41, 5.74) is 8.06. The fraction of sp³-hybridized carbons (Fsp3) is 0.200. The number of carbonyl (C=O) groups is 1. The van der Waals surface area contributed by atoms with Gasteiger partial charge in [0.1, 0.15) is 0 Å². The number of hydrogen-bond acceptors (Lipinski definition) is 3. The van der Waals surface area contributed by atoms with Crippen molar-refractivity contribution in [3.05, 3.63) is 58.3 Å². The second kappa shape index (κ2) is 6.52. The molecule has 1 aromatic heterocycles.